The predicted molar refractivity (Wildman–Crippen MR) is 67.4 cm³/mol. The van der Waals surface area contributed by atoms with Gasteiger partial charge < -0.3 is 5.73 Å². The summed E-state index contributed by atoms with van der Waals surface area (Å²) in [5, 5.41) is 5.01. The van der Waals surface area contributed by atoms with Gasteiger partial charge in [0, 0.05) is 24.0 Å². The third kappa shape index (κ3) is 1.53. The quantitative estimate of drug-likeness (QED) is 0.735. The lowest BCUT2D eigenvalue weighted by Crippen LogP contribution is -2.15. The van der Waals surface area contributed by atoms with Gasteiger partial charge in [0.25, 0.3) is 5.91 Å². The number of nitrogens with two attached hydrogens (primary N) is 1. The van der Waals surface area contributed by atoms with Crippen molar-refractivity contribution in [2.75, 3.05) is 0 Å². The van der Waals surface area contributed by atoms with Crippen LogP contribution in [0.1, 0.15) is 10.4 Å². The fourth-order valence-corrected chi connectivity index (χ4v) is 1.96. The fourth-order valence-electron chi connectivity index (χ4n) is 1.96. The van der Waals surface area contributed by atoms with E-state index in [0.29, 0.717) is 11.3 Å². The molecule has 0 aliphatic rings. The molecule has 5 nitrogen and oxygen atoms in total. The van der Waals surface area contributed by atoms with Gasteiger partial charge in [-0.15, -0.1) is 0 Å². The van der Waals surface area contributed by atoms with Gasteiger partial charge in [-0.3, -0.25) is 9.78 Å². The summed E-state index contributed by atoms with van der Waals surface area (Å²) in [6.45, 7) is 0. The Morgan fingerprint density at radius 2 is 2.06 bits per heavy atom. The number of nitrogens with zero attached hydrogens (tertiary/aromatic N) is 3. The number of benzene rings is 1. The average Bonchev–Trinajstić information content (AvgIpc) is 2.90. The summed E-state index contributed by atoms with van der Waals surface area (Å²) in [5.74, 6) is -0.515. The van der Waals surface area contributed by atoms with Gasteiger partial charge in [0.15, 0.2) is 0 Å². The van der Waals surface area contributed by atoms with Crippen LogP contribution in [0.15, 0.2) is 48.9 Å². The highest BCUT2D eigenvalue weighted by atomic mass is 16.1. The number of amides is 1. The number of carbonyl (C=O) groups is 1. The number of hydrogen-bond donors (Lipinski definition) is 1. The van der Waals surface area contributed by atoms with Crippen molar-refractivity contribution in [1.82, 2.24) is 14.8 Å². The molecule has 88 valence electrons. The van der Waals surface area contributed by atoms with Crippen LogP contribution in [-0.4, -0.2) is 20.7 Å². The molecule has 18 heavy (non-hydrogen) atoms. The second-order valence-corrected chi connectivity index (χ2v) is 3.85. The van der Waals surface area contributed by atoms with E-state index in [4.69, 9.17) is 5.73 Å². The molecule has 5 heteroatoms. The van der Waals surface area contributed by atoms with Crippen molar-refractivity contribution in [1.29, 1.82) is 0 Å². The lowest BCUT2D eigenvalue weighted by Gasteiger charge is -2.10. The first kappa shape index (κ1) is 10.5. The summed E-state index contributed by atoms with van der Waals surface area (Å²) in [6, 6.07) is 9.35. The molecule has 2 aromatic heterocycles. The van der Waals surface area contributed by atoms with Crippen LogP contribution in [0, 0.1) is 0 Å². The van der Waals surface area contributed by atoms with Crippen LogP contribution in [0.25, 0.3) is 16.6 Å². The maximum atomic E-state index is 11.5. The number of pyridine rings is 1. The Morgan fingerprint density at radius 1 is 1.22 bits per heavy atom. The van der Waals surface area contributed by atoms with E-state index >= 15 is 0 Å². The maximum Gasteiger partial charge on any atom is 0.252 e. The van der Waals surface area contributed by atoms with Crippen LogP contribution in [0.2, 0.25) is 0 Å². The molecule has 0 spiro atoms. The van der Waals surface area contributed by atoms with Gasteiger partial charge in [0.2, 0.25) is 0 Å². The number of fused-ring (bicyclic) bond motifs is 1. The lowest BCUT2D eigenvalue weighted by molar-refractivity contribution is 0.1000. The van der Waals surface area contributed by atoms with E-state index in [1.165, 1.54) is 6.20 Å². The molecule has 0 saturated heterocycles. The number of rotatable bonds is 2. The van der Waals surface area contributed by atoms with Crippen molar-refractivity contribution in [3.8, 4) is 5.69 Å². The summed E-state index contributed by atoms with van der Waals surface area (Å²) in [6.07, 6.45) is 4.91. The third-order valence-corrected chi connectivity index (χ3v) is 2.75. The molecule has 0 unspecified atom stereocenters. The molecule has 3 rings (SSSR count). The van der Waals surface area contributed by atoms with Crippen molar-refractivity contribution >= 4 is 16.8 Å². The van der Waals surface area contributed by atoms with Gasteiger partial charge in [-0.25, -0.2) is 4.68 Å². The van der Waals surface area contributed by atoms with Crippen LogP contribution in [0.3, 0.4) is 0 Å². The van der Waals surface area contributed by atoms with Crippen molar-refractivity contribution in [2.24, 2.45) is 5.73 Å². The second kappa shape index (κ2) is 3.96. The van der Waals surface area contributed by atoms with Crippen molar-refractivity contribution in [3.63, 3.8) is 0 Å². The standard InChI is InChI=1S/C13H10N4O/c14-13(18)10-8-15-11-5-2-1-4-9(11)12(10)17-7-3-6-16-17/h1-8H,(H2,14,18). The van der Waals surface area contributed by atoms with Crippen molar-refractivity contribution in [2.45, 2.75) is 0 Å². The van der Waals surface area contributed by atoms with Crippen LogP contribution >= 0.6 is 0 Å². The molecule has 0 radical (unpaired) electrons. The number of primary amides is 1. The predicted octanol–water partition coefficient (Wildman–Crippen LogP) is 1.52. The zero-order valence-electron chi connectivity index (χ0n) is 9.45. The highest BCUT2D eigenvalue weighted by Gasteiger charge is 2.14. The molecule has 0 bridgehead atoms. The zero-order valence-corrected chi connectivity index (χ0v) is 9.45. The maximum absolute atomic E-state index is 11.5. The minimum absolute atomic E-state index is 0.359. The summed E-state index contributed by atoms with van der Waals surface area (Å²) >= 11 is 0. The number of carbonyl (C=O) groups excluding carboxylic acids is 1. The Bertz CT molecular complexity index is 719. The van der Waals surface area contributed by atoms with Gasteiger partial charge in [0.05, 0.1) is 16.8 Å². The van der Waals surface area contributed by atoms with E-state index in [1.807, 2.05) is 24.3 Å². The molecular weight excluding hydrogens is 228 g/mol. The summed E-state index contributed by atoms with van der Waals surface area (Å²) in [4.78, 5) is 15.7. The first-order chi connectivity index (χ1) is 8.77. The van der Waals surface area contributed by atoms with E-state index in [9.17, 15) is 4.79 Å². The molecule has 3 aromatic rings. The van der Waals surface area contributed by atoms with Gasteiger partial charge in [0.1, 0.15) is 0 Å². The normalized spacial score (nSPS) is 10.7. The third-order valence-electron chi connectivity index (χ3n) is 2.75. The van der Waals surface area contributed by atoms with E-state index in [1.54, 1.807) is 23.1 Å². The van der Waals surface area contributed by atoms with Crippen LogP contribution in [-0.2, 0) is 0 Å². The Balaban J connectivity index is 2.43. The largest absolute Gasteiger partial charge is 0.365 e. The summed E-state index contributed by atoms with van der Waals surface area (Å²) in [5.41, 5.74) is 7.21. The Morgan fingerprint density at radius 3 is 2.78 bits per heavy atom. The molecule has 0 fully saturated rings. The number of hydrogen-bond acceptors (Lipinski definition) is 3. The molecule has 2 N–H and O–H groups in total. The fraction of sp³-hybridized carbons (Fsp3) is 0. The molecule has 1 amide bonds. The SMILES string of the molecule is NC(=O)c1cnc2ccccc2c1-n1cccn1. The van der Waals surface area contributed by atoms with Gasteiger partial charge >= 0.3 is 0 Å². The van der Waals surface area contributed by atoms with E-state index in [-0.39, 0.29) is 0 Å². The summed E-state index contributed by atoms with van der Waals surface area (Å²) in [7, 11) is 0. The van der Waals surface area contributed by atoms with Crippen LogP contribution in [0.5, 0.6) is 0 Å². The molecule has 0 aliphatic heterocycles. The van der Waals surface area contributed by atoms with Crippen LogP contribution in [0.4, 0.5) is 0 Å². The second-order valence-electron chi connectivity index (χ2n) is 3.85. The van der Waals surface area contributed by atoms with E-state index in [0.717, 1.165) is 10.9 Å². The molecule has 0 atom stereocenters. The Labute approximate surface area is 103 Å². The molecule has 2 heterocycles. The number of aromatic nitrogens is 3. The lowest BCUT2D eigenvalue weighted by atomic mass is 10.1. The van der Waals surface area contributed by atoms with Crippen molar-refractivity contribution < 1.29 is 4.79 Å². The topological polar surface area (TPSA) is 73.8 Å². The number of para-hydroxylation sites is 1. The highest BCUT2D eigenvalue weighted by Crippen LogP contribution is 2.23. The minimum Gasteiger partial charge on any atom is -0.365 e. The molecule has 0 aliphatic carbocycles. The van der Waals surface area contributed by atoms with Gasteiger partial charge in [-0.2, -0.15) is 5.10 Å². The molecule has 1 aromatic carbocycles. The first-order valence-electron chi connectivity index (χ1n) is 5.45. The Kier molecular flexibility index (Phi) is 2.30. The van der Waals surface area contributed by atoms with Crippen molar-refractivity contribution in [3.05, 3.63) is 54.5 Å². The molecule has 0 saturated carbocycles. The first-order valence-corrected chi connectivity index (χ1v) is 5.45. The monoisotopic (exact) mass is 238 g/mol. The van der Waals surface area contributed by atoms with Crippen LogP contribution < -0.4 is 5.73 Å². The zero-order chi connectivity index (χ0) is 12.5. The summed E-state index contributed by atoms with van der Waals surface area (Å²) < 4.78 is 1.63. The van der Waals surface area contributed by atoms with E-state index < -0.39 is 5.91 Å². The Hall–Kier alpha value is -2.69. The molecular formula is C13H10N4O. The van der Waals surface area contributed by atoms with Gasteiger partial charge in [-0.05, 0) is 12.1 Å². The average molecular weight is 238 g/mol. The van der Waals surface area contributed by atoms with Gasteiger partial charge in [-0.1, -0.05) is 18.2 Å². The highest BCUT2D eigenvalue weighted by molar-refractivity contribution is 6.03. The smallest absolute Gasteiger partial charge is 0.252 e. The van der Waals surface area contributed by atoms with E-state index in [2.05, 4.69) is 10.1 Å². The minimum atomic E-state index is -0.515.